The summed E-state index contributed by atoms with van der Waals surface area (Å²) in [6.07, 6.45) is -1.74. The Morgan fingerprint density at radius 1 is 1.09 bits per heavy atom. The Bertz CT molecular complexity index is 1460. The average molecular weight is 505 g/mol. The molecule has 1 heterocycles. The summed E-state index contributed by atoms with van der Waals surface area (Å²) >= 11 is 0. The molecule has 1 fully saturated rings. The first kappa shape index (κ1) is 24.7. The van der Waals surface area contributed by atoms with Crippen LogP contribution in [0.3, 0.4) is 0 Å². The normalized spacial score (nSPS) is 14.1. The van der Waals surface area contributed by atoms with Crippen molar-refractivity contribution in [3.63, 3.8) is 0 Å². The van der Waals surface area contributed by atoms with E-state index in [1.165, 1.54) is 34.9 Å². The number of aromatic nitrogens is 1. The fraction of sp³-hybridized carbons (Fsp3) is 0.280. The minimum Gasteiger partial charge on any atom is -0.348 e. The van der Waals surface area contributed by atoms with E-state index in [1.807, 2.05) is 0 Å². The van der Waals surface area contributed by atoms with Gasteiger partial charge in [-0.2, -0.15) is 13.2 Å². The van der Waals surface area contributed by atoms with Crippen molar-refractivity contribution >= 4 is 15.7 Å². The molecular weight excluding hydrogens is 481 g/mol. The van der Waals surface area contributed by atoms with Gasteiger partial charge in [-0.25, -0.2) is 8.42 Å². The van der Waals surface area contributed by atoms with Crippen molar-refractivity contribution in [2.24, 2.45) is 0 Å². The highest BCUT2D eigenvalue weighted by Gasteiger charge is 2.32. The Morgan fingerprint density at radius 3 is 2.31 bits per heavy atom. The van der Waals surface area contributed by atoms with Gasteiger partial charge in [0.15, 0.2) is 9.84 Å². The third kappa shape index (κ3) is 5.32. The summed E-state index contributed by atoms with van der Waals surface area (Å²) in [6.45, 7) is 1.71. The van der Waals surface area contributed by atoms with Crippen LogP contribution in [0.15, 0.2) is 64.3 Å². The summed E-state index contributed by atoms with van der Waals surface area (Å²) in [5.41, 5.74) is 0.156. The van der Waals surface area contributed by atoms with Crippen molar-refractivity contribution in [3.8, 4) is 5.69 Å². The molecule has 6 nitrogen and oxygen atoms in total. The van der Waals surface area contributed by atoms with Gasteiger partial charge in [0.25, 0.3) is 11.5 Å². The van der Waals surface area contributed by atoms with Crippen molar-refractivity contribution in [2.45, 2.75) is 43.3 Å². The van der Waals surface area contributed by atoms with E-state index in [0.717, 1.165) is 36.8 Å². The predicted octanol–water partition coefficient (Wildman–Crippen LogP) is 4.38. The van der Waals surface area contributed by atoms with Gasteiger partial charge in [-0.1, -0.05) is 18.2 Å². The number of carbonyl (C=O) groups excluding carboxylic acids is 1. The van der Waals surface area contributed by atoms with Crippen LogP contribution in [0.25, 0.3) is 5.69 Å². The summed E-state index contributed by atoms with van der Waals surface area (Å²) < 4.78 is 64.2. The van der Waals surface area contributed by atoms with Crippen LogP contribution in [-0.4, -0.2) is 25.1 Å². The van der Waals surface area contributed by atoms with Gasteiger partial charge in [-0.05, 0) is 73.2 Å². The molecule has 10 heteroatoms. The number of alkyl halides is 3. The molecule has 35 heavy (non-hydrogen) atoms. The van der Waals surface area contributed by atoms with Crippen LogP contribution in [0, 0.1) is 6.92 Å². The maximum Gasteiger partial charge on any atom is 0.416 e. The lowest BCUT2D eigenvalue weighted by Gasteiger charge is -2.18. The Hall–Kier alpha value is -3.40. The lowest BCUT2D eigenvalue weighted by Crippen LogP contribution is -2.34. The highest BCUT2D eigenvalue weighted by molar-refractivity contribution is 7.90. The molecule has 1 aromatic heterocycles. The lowest BCUT2D eigenvalue weighted by atomic mass is 10.0. The molecule has 0 unspecified atom stereocenters. The zero-order chi connectivity index (χ0) is 25.5. The molecule has 1 amide bonds. The van der Waals surface area contributed by atoms with Gasteiger partial charge >= 0.3 is 6.18 Å². The number of halogens is 3. The maximum absolute atomic E-state index is 13.3. The largest absolute Gasteiger partial charge is 0.416 e. The number of carbonyl (C=O) groups is 1. The Kier molecular flexibility index (Phi) is 6.35. The van der Waals surface area contributed by atoms with Gasteiger partial charge in [0.1, 0.15) is 5.56 Å². The van der Waals surface area contributed by atoms with E-state index in [-0.39, 0.29) is 28.6 Å². The van der Waals surface area contributed by atoms with Crippen LogP contribution in [0.2, 0.25) is 0 Å². The number of nitrogens with one attached hydrogen (secondary N) is 1. The SMILES string of the molecule is Cc1c(C2CC2)cc(C(=O)NCc2ccc(S(C)(=O)=O)cc2)c(=O)n1-c1cccc(C(F)(F)F)c1. The van der Waals surface area contributed by atoms with E-state index in [1.54, 1.807) is 19.1 Å². The van der Waals surface area contributed by atoms with E-state index in [4.69, 9.17) is 0 Å². The number of benzene rings is 2. The van der Waals surface area contributed by atoms with Crippen LogP contribution >= 0.6 is 0 Å². The van der Waals surface area contributed by atoms with E-state index in [2.05, 4.69) is 5.32 Å². The monoisotopic (exact) mass is 504 g/mol. The highest BCUT2D eigenvalue weighted by atomic mass is 32.2. The predicted molar refractivity (Wildman–Crippen MR) is 124 cm³/mol. The van der Waals surface area contributed by atoms with Crippen LogP contribution in [0.5, 0.6) is 0 Å². The van der Waals surface area contributed by atoms with Crippen molar-refractivity contribution in [1.29, 1.82) is 0 Å². The van der Waals surface area contributed by atoms with Gasteiger partial charge in [0.2, 0.25) is 0 Å². The van der Waals surface area contributed by atoms with Crippen molar-refractivity contribution in [3.05, 3.63) is 92.9 Å². The molecule has 1 N–H and O–H groups in total. The molecule has 1 aliphatic carbocycles. The molecular formula is C25H23F3N2O4S. The Labute approximate surface area is 200 Å². The highest BCUT2D eigenvalue weighted by Crippen LogP contribution is 2.42. The summed E-state index contributed by atoms with van der Waals surface area (Å²) in [5.74, 6) is -0.521. The second-order valence-corrected chi connectivity index (χ2v) is 10.7. The van der Waals surface area contributed by atoms with Crippen molar-refractivity contribution in [1.82, 2.24) is 9.88 Å². The van der Waals surface area contributed by atoms with Crippen LogP contribution in [0.4, 0.5) is 13.2 Å². The molecule has 1 aliphatic rings. The van der Waals surface area contributed by atoms with Crippen LogP contribution < -0.4 is 10.9 Å². The van der Waals surface area contributed by atoms with Gasteiger partial charge in [-0.3, -0.25) is 14.2 Å². The summed E-state index contributed by atoms with van der Waals surface area (Å²) in [4.78, 5) is 26.4. The van der Waals surface area contributed by atoms with Crippen molar-refractivity contribution in [2.75, 3.05) is 6.26 Å². The third-order valence-corrected chi connectivity index (χ3v) is 7.11. The number of amides is 1. The molecule has 0 radical (unpaired) electrons. The minimum absolute atomic E-state index is 0.0373. The first-order valence-electron chi connectivity index (χ1n) is 10.9. The van der Waals surface area contributed by atoms with Gasteiger partial charge in [-0.15, -0.1) is 0 Å². The number of pyridine rings is 1. The lowest BCUT2D eigenvalue weighted by molar-refractivity contribution is -0.137. The zero-order valence-corrected chi connectivity index (χ0v) is 19.8. The fourth-order valence-corrected chi connectivity index (χ4v) is 4.59. The molecule has 1 saturated carbocycles. The number of nitrogens with zero attached hydrogens (tertiary/aromatic N) is 1. The summed E-state index contributed by atoms with van der Waals surface area (Å²) in [5, 5.41) is 2.65. The Morgan fingerprint density at radius 2 is 1.74 bits per heavy atom. The molecule has 0 atom stereocenters. The molecule has 0 aliphatic heterocycles. The third-order valence-electron chi connectivity index (χ3n) is 5.98. The second kappa shape index (κ2) is 8.99. The number of sulfone groups is 1. The van der Waals surface area contributed by atoms with Gasteiger partial charge in [0.05, 0.1) is 10.5 Å². The van der Waals surface area contributed by atoms with E-state index < -0.39 is 33.0 Å². The molecule has 0 spiro atoms. The number of rotatable bonds is 6. The molecule has 184 valence electrons. The first-order valence-corrected chi connectivity index (χ1v) is 12.8. The summed E-state index contributed by atoms with van der Waals surface area (Å²) in [6, 6.07) is 12.0. The first-order chi connectivity index (χ1) is 16.4. The standard InChI is InChI=1S/C25H23F3N2O4S/c1-15-21(17-8-9-17)13-22(23(31)29-14-16-6-10-20(11-7-16)35(2,33)34)24(32)30(15)19-5-3-4-18(12-19)25(26,27)28/h3-7,10-13,17H,8-9,14H2,1-2H3,(H,29,31). The van der Waals surface area contributed by atoms with Gasteiger partial charge < -0.3 is 5.32 Å². The van der Waals surface area contributed by atoms with E-state index >= 15 is 0 Å². The minimum atomic E-state index is -4.57. The van der Waals surface area contributed by atoms with E-state index in [0.29, 0.717) is 11.3 Å². The number of hydrogen-bond donors (Lipinski definition) is 1. The van der Waals surface area contributed by atoms with Crippen molar-refractivity contribution < 1.29 is 26.4 Å². The molecule has 3 aromatic rings. The topological polar surface area (TPSA) is 85.2 Å². The van der Waals surface area contributed by atoms with E-state index in [9.17, 15) is 31.2 Å². The maximum atomic E-state index is 13.3. The quantitative estimate of drug-likeness (QED) is 0.540. The molecule has 0 bridgehead atoms. The average Bonchev–Trinajstić information content (AvgIpc) is 3.62. The van der Waals surface area contributed by atoms with Gasteiger partial charge in [0, 0.05) is 24.2 Å². The molecule has 4 rings (SSSR count). The molecule has 0 saturated heterocycles. The smallest absolute Gasteiger partial charge is 0.348 e. The van der Waals surface area contributed by atoms with Crippen LogP contribution in [0.1, 0.15) is 51.5 Å². The Balaban J connectivity index is 1.69. The summed E-state index contributed by atoms with van der Waals surface area (Å²) in [7, 11) is -3.36. The zero-order valence-electron chi connectivity index (χ0n) is 19.0. The number of hydrogen-bond acceptors (Lipinski definition) is 4. The van der Waals surface area contributed by atoms with Crippen LogP contribution in [-0.2, 0) is 22.6 Å². The fourth-order valence-electron chi connectivity index (χ4n) is 3.96. The molecule has 2 aromatic carbocycles. The second-order valence-electron chi connectivity index (χ2n) is 8.66.